The van der Waals surface area contributed by atoms with Crippen LogP contribution in [0.15, 0.2) is 28.9 Å². The van der Waals surface area contributed by atoms with Gasteiger partial charge in [-0.2, -0.15) is 0 Å². The number of hydrogen-bond donors (Lipinski definition) is 0. The highest BCUT2D eigenvalue weighted by molar-refractivity contribution is 5.85. The van der Waals surface area contributed by atoms with E-state index in [9.17, 15) is 0 Å². The molecule has 0 aliphatic heterocycles. The second-order valence-corrected chi connectivity index (χ2v) is 9.54. The van der Waals surface area contributed by atoms with E-state index in [1.54, 1.807) is 17.3 Å². The lowest BCUT2D eigenvalue weighted by Crippen LogP contribution is -2.18. The van der Waals surface area contributed by atoms with Crippen LogP contribution in [0.3, 0.4) is 0 Å². The van der Waals surface area contributed by atoms with Crippen LogP contribution in [-0.2, 0) is 17.3 Å². The van der Waals surface area contributed by atoms with Gasteiger partial charge < -0.3 is 4.52 Å². The summed E-state index contributed by atoms with van der Waals surface area (Å²) in [5.74, 6) is 1.54. The molecular weight excluding hydrogens is 318 g/mol. The largest absolute Gasteiger partial charge is 0.357 e. The zero-order chi connectivity index (χ0) is 18.5. The maximum atomic E-state index is 5.40. The molecule has 1 fully saturated rings. The summed E-state index contributed by atoms with van der Waals surface area (Å²) in [5, 5.41) is 3.89. The van der Waals surface area contributed by atoms with Crippen LogP contribution >= 0.6 is 0 Å². The van der Waals surface area contributed by atoms with Crippen molar-refractivity contribution in [2.75, 3.05) is 0 Å². The Kier molecular flexibility index (Phi) is 4.13. The second kappa shape index (κ2) is 6.11. The van der Waals surface area contributed by atoms with E-state index in [1.165, 1.54) is 42.4 Å². The molecule has 0 amide bonds. The second-order valence-electron chi connectivity index (χ2n) is 9.54. The minimum absolute atomic E-state index is 0.235. The van der Waals surface area contributed by atoms with Crippen LogP contribution in [0.1, 0.15) is 88.3 Å². The summed E-state index contributed by atoms with van der Waals surface area (Å²) < 4.78 is 5.40. The van der Waals surface area contributed by atoms with Crippen molar-refractivity contribution in [3.63, 3.8) is 0 Å². The highest BCUT2D eigenvalue weighted by Crippen LogP contribution is 2.52. The molecule has 26 heavy (non-hydrogen) atoms. The Labute approximate surface area is 157 Å². The number of aryl methyl sites for hydroxylation is 1. The third-order valence-corrected chi connectivity index (χ3v) is 6.19. The molecule has 1 aromatic carbocycles. The van der Waals surface area contributed by atoms with Crippen molar-refractivity contribution in [1.82, 2.24) is 5.16 Å². The minimum atomic E-state index is 0.235. The van der Waals surface area contributed by atoms with Crippen LogP contribution in [0.25, 0.3) is 11.6 Å². The number of allylic oxidation sites excluding steroid dienone is 1. The topological polar surface area (TPSA) is 26.0 Å². The first-order chi connectivity index (χ1) is 12.3. The molecular formula is C24H31NO. The van der Waals surface area contributed by atoms with E-state index in [4.69, 9.17) is 4.52 Å². The van der Waals surface area contributed by atoms with Gasteiger partial charge in [-0.1, -0.05) is 58.3 Å². The standard InChI is InChI=1S/C24H31NO/c1-6-7-17-12-21-22(24(4,5)15-23(21,2)3)14-20(17)19(16-8-9-16)13-18-10-11-25-26-18/h10-14,16H,6-9,15H2,1-5H3. The summed E-state index contributed by atoms with van der Waals surface area (Å²) >= 11 is 0. The van der Waals surface area contributed by atoms with E-state index in [0.717, 1.165) is 12.2 Å². The third kappa shape index (κ3) is 3.04. The molecule has 2 aliphatic carbocycles. The number of nitrogens with zero attached hydrogens (tertiary/aromatic N) is 1. The lowest BCUT2D eigenvalue weighted by atomic mass is 9.82. The fraction of sp³-hybridized carbons (Fsp3) is 0.542. The van der Waals surface area contributed by atoms with Gasteiger partial charge in [0.25, 0.3) is 0 Å². The van der Waals surface area contributed by atoms with Crippen molar-refractivity contribution in [2.45, 2.75) is 77.6 Å². The smallest absolute Gasteiger partial charge is 0.159 e. The van der Waals surface area contributed by atoms with Gasteiger partial charge in [0.2, 0.25) is 0 Å². The van der Waals surface area contributed by atoms with E-state index >= 15 is 0 Å². The van der Waals surface area contributed by atoms with E-state index in [-0.39, 0.29) is 10.8 Å². The number of hydrogen-bond acceptors (Lipinski definition) is 2. The van der Waals surface area contributed by atoms with Crippen molar-refractivity contribution in [3.05, 3.63) is 52.4 Å². The molecule has 1 heterocycles. The van der Waals surface area contributed by atoms with Crippen LogP contribution in [0.4, 0.5) is 0 Å². The maximum Gasteiger partial charge on any atom is 0.159 e. The quantitative estimate of drug-likeness (QED) is 0.613. The molecule has 0 N–H and O–H groups in total. The van der Waals surface area contributed by atoms with Crippen molar-refractivity contribution >= 4 is 11.6 Å². The Morgan fingerprint density at radius 1 is 1.15 bits per heavy atom. The lowest BCUT2D eigenvalue weighted by Gasteiger charge is -2.22. The van der Waals surface area contributed by atoms with Crippen LogP contribution in [0.2, 0.25) is 0 Å². The van der Waals surface area contributed by atoms with Crippen LogP contribution in [0.5, 0.6) is 0 Å². The highest BCUT2D eigenvalue weighted by Gasteiger charge is 2.42. The summed E-state index contributed by atoms with van der Waals surface area (Å²) in [6.07, 6.45) is 10.1. The first-order valence-corrected chi connectivity index (χ1v) is 10.1. The Balaban J connectivity index is 1.90. The number of aromatic nitrogens is 1. The molecule has 138 valence electrons. The van der Waals surface area contributed by atoms with Gasteiger partial charge in [0.05, 0.1) is 6.20 Å². The molecule has 2 aliphatic rings. The number of fused-ring (bicyclic) bond motifs is 1. The molecule has 1 aromatic heterocycles. The van der Waals surface area contributed by atoms with Gasteiger partial charge in [-0.15, -0.1) is 0 Å². The van der Waals surface area contributed by atoms with Crippen LogP contribution < -0.4 is 0 Å². The average Bonchev–Trinajstić information content (AvgIpc) is 3.23. The van der Waals surface area contributed by atoms with Gasteiger partial charge in [0.1, 0.15) is 0 Å². The Bertz CT molecular complexity index is 835. The van der Waals surface area contributed by atoms with Crippen molar-refractivity contribution in [1.29, 1.82) is 0 Å². The first-order valence-electron chi connectivity index (χ1n) is 10.1. The molecule has 4 rings (SSSR count). The zero-order valence-corrected chi connectivity index (χ0v) is 16.9. The molecule has 0 saturated heterocycles. The van der Waals surface area contributed by atoms with Crippen molar-refractivity contribution < 1.29 is 4.52 Å². The van der Waals surface area contributed by atoms with Gasteiger partial charge in [0, 0.05) is 6.07 Å². The molecule has 0 unspecified atom stereocenters. The van der Waals surface area contributed by atoms with Gasteiger partial charge >= 0.3 is 0 Å². The van der Waals surface area contributed by atoms with Gasteiger partial charge in [-0.25, -0.2) is 0 Å². The highest BCUT2D eigenvalue weighted by atomic mass is 16.5. The molecule has 0 atom stereocenters. The van der Waals surface area contributed by atoms with Crippen LogP contribution in [0, 0.1) is 5.92 Å². The molecule has 0 spiro atoms. The molecule has 2 aromatic rings. The molecule has 2 heteroatoms. The summed E-state index contributed by atoms with van der Waals surface area (Å²) in [6, 6.07) is 7.01. The van der Waals surface area contributed by atoms with Crippen molar-refractivity contribution in [2.24, 2.45) is 5.92 Å². The predicted molar refractivity (Wildman–Crippen MR) is 108 cm³/mol. The Hall–Kier alpha value is -1.83. The molecule has 0 bridgehead atoms. The Morgan fingerprint density at radius 2 is 1.85 bits per heavy atom. The van der Waals surface area contributed by atoms with Gasteiger partial charge in [0.15, 0.2) is 5.76 Å². The molecule has 1 saturated carbocycles. The minimum Gasteiger partial charge on any atom is -0.357 e. The lowest BCUT2D eigenvalue weighted by molar-refractivity contribution is 0.403. The van der Waals surface area contributed by atoms with E-state index in [2.05, 4.69) is 58.0 Å². The van der Waals surface area contributed by atoms with Crippen molar-refractivity contribution in [3.8, 4) is 0 Å². The summed E-state index contributed by atoms with van der Waals surface area (Å²) in [7, 11) is 0. The molecule has 0 radical (unpaired) electrons. The average molecular weight is 350 g/mol. The summed E-state index contributed by atoms with van der Waals surface area (Å²) in [4.78, 5) is 0. The first kappa shape index (κ1) is 17.6. The fourth-order valence-corrected chi connectivity index (χ4v) is 5.07. The SMILES string of the molecule is CCCc1cc2c(cc1C(=Cc1ccno1)C1CC1)C(C)(C)CC2(C)C. The summed E-state index contributed by atoms with van der Waals surface area (Å²) in [5.41, 5.74) is 8.01. The zero-order valence-electron chi connectivity index (χ0n) is 16.9. The van der Waals surface area contributed by atoms with Gasteiger partial charge in [-0.05, 0) is 76.3 Å². The number of rotatable bonds is 5. The Morgan fingerprint density at radius 3 is 2.42 bits per heavy atom. The monoisotopic (exact) mass is 349 g/mol. The third-order valence-electron chi connectivity index (χ3n) is 6.19. The van der Waals surface area contributed by atoms with Gasteiger partial charge in [-0.3, -0.25) is 0 Å². The van der Waals surface area contributed by atoms with E-state index < -0.39 is 0 Å². The number of benzene rings is 1. The fourth-order valence-electron chi connectivity index (χ4n) is 5.07. The van der Waals surface area contributed by atoms with E-state index in [0.29, 0.717) is 5.92 Å². The molecule has 2 nitrogen and oxygen atoms in total. The summed E-state index contributed by atoms with van der Waals surface area (Å²) in [6.45, 7) is 11.9. The maximum absolute atomic E-state index is 5.40. The normalized spacial score (nSPS) is 21.0. The van der Waals surface area contributed by atoms with E-state index in [1.807, 2.05) is 6.07 Å². The predicted octanol–water partition coefficient (Wildman–Crippen LogP) is 6.54. The van der Waals surface area contributed by atoms with Crippen LogP contribution in [-0.4, -0.2) is 5.16 Å².